The number of alkyl halides is 3. The third-order valence-corrected chi connectivity index (χ3v) is 2.23. The fourth-order valence-corrected chi connectivity index (χ4v) is 1.43. The lowest BCUT2D eigenvalue weighted by atomic mass is 10.3. The highest BCUT2D eigenvalue weighted by molar-refractivity contribution is 4.92. The lowest BCUT2D eigenvalue weighted by molar-refractivity contribution is -0.177. The normalized spacial score (nSPS) is 12.3. The topological polar surface area (TPSA) is 47.3 Å². The molecule has 0 saturated carbocycles. The Balaban J connectivity index is 2.21. The predicted octanol–water partition coefficient (Wildman–Crippen LogP) is 2.68. The van der Waals surface area contributed by atoms with Crippen molar-refractivity contribution in [3.05, 3.63) is 17.8 Å². The van der Waals surface area contributed by atoms with Crippen LogP contribution < -0.4 is 5.32 Å². The Bertz CT molecular complexity index is 364. The van der Waals surface area contributed by atoms with Crippen LogP contribution in [-0.4, -0.2) is 30.4 Å². The molecule has 0 radical (unpaired) electrons. The van der Waals surface area contributed by atoms with Crippen LogP contribution in [0, 0.1) is 0 Å². The van der Waals surface area contributed by atoms with Crippen LogP contribution in [0.3, 0.4) is 0 Å². The molecule has 0 saturated heterocycles. The molecule has 0 spiro atoms. The van der Waals surface area contributed by atoms with Crippen molar-refractivity contribution in [2.24, 2.45) is 0 Å². The zero-order valence-electron chi connectivity index (χ0n) is 11.1. The van der Waals surface area contributed by atoms with Crippen LogP contribution in [0.1, 0.15) is 31.9 Å². The summed E-state index contributed by atoms with van der Waals surface area (Å²) in [5, 5.41) is 3.25. The van der Waals surface area contributed by atoms with Crippen LogP contribution in [-0.2, 0) is 17.8 Å². The Morgan fingerprint density at radius 2 is 2.16 bits per heavy atom. The van der Waals surface area contributed by atoms with Gasteiger partial charge >= 0.3 is 6.18 Å². The molecular formula is C12H19F3N2O2. The Morgan fingerprint density at radius 3 is 2.79 bits per heavy atom. The van der Waals surface area contributed by atoms with Gasteiger partial charge in [0.1, 0.15) is 19.0 Å². The summed E-state index contributed by atoms with van der Waals surface area (Å²) in [7, 11) is 0. The highest BCUT2D eigenvalue weighted by Crippen LogP contribution is 2.16. The molecule has 1 rings (SSSR count). The average Bonchev–Trinajstić information content (AvgIpc) is 2.70. The number of hydrogen-bond acceptors (Lipinski definition) is 4. The summed E-state index contributed by atoms with van der Waals surface area (Å²) < 4.78 is 45.3. The van der Waals surface area contributed by atoms with E-state index in [9.17, 15) is 13.2 Å². The molecule has 0 fully saturated rings. The van der Waals surface area contributed by atoms with Gasteiger partial charge in [-0.25, -0.2) is 4.98 Å². The van der Waals surface area contributed by atoms with E-state index in [4.69, 9.17) is 4.42 Å². The number of rotatable bonds is 8. The zero-order valence-corrected chi connectivity index (χ0v) is 11.1. The number of ether oxygens (including phenoxy) is 1. The molecule has 0 unspecified atom stereocenters. The second-order valence-corrected chi connectivity index (χ2v) is 4.54. The van der Waals surface area contributed by atoms with E-state index in [1.165, 1.54) is 6.20 Å². The monoisotopic (exact) mass is 280 g/mol. The van der Waals surface area contributed by atoms with Gasteiger partial charge in [-0.1, -0.05) is 13.8 Å². The summed E-state index contributed by atoms with van der Waals surface area (Å²) in [5.41, 5.74) is 0. The lowest BCUT2D eigenvalue weighted by Crippen LogP contribution is -2.23. The highest BCUT2D eigenvalue weighted by atomic mass is 19.4. The summed E-state index contributed by atoms with van der Waals surface area (Å²) in [5.74, 6) is 0.840. The minimum Gasteiger partial charge on any atom is -0.443 e. The Morgan fingerprint density at radius 1 is 1.42 bits per heavy atom. The van der Waals surface area contributed by atoms with Gasteiger partial charge in [-0.15, -0.1) is 0 Å². The van der Waals surface area contributed by atoms with Gasteiger partial charge in [0.05, 0.1) is 6.20 Å². The maximum absolute atomic E-state index is 11.9. The molecule has 1 heterocycles. The van der Waals surface area contributed by atoms with E-state index >= 15 is 0 Å². The van der Waals surface area contributed by atoms with E-state index in [0.717, 1.165) is 13.0 Å². The van der Waals surface area contributed by atoms with E-state index in [1.54, 1.807) is 0 Å². The molecular weight excluding hydrogens is 261 g/mol. The summed E-state index contributed by atoms with van der Waals surface area (Å²) in [6, 6.07) is 0.427. The quantitative estimate of drug-likeness (QED) is 0.744. The van der Waals surface area contributed by atoms with Gasteiger partial charge in [-0.3, -0.25) is 0 Å². The number of aromatic nitrogens is 1. The summed E-state index contributed by atoms with van der Waals surface area (Å²) >= 11 is 0. The molecule has 0 amide bonds. The summed E-state index contributed by atoms with van der Waals surface area (Å²) in [6.07, 6.45) is -1.40. The number of nitrogens with one attached hydrogen (secondary N) is 1. The molecule has 0 aliphatic rings. The largest absolute Gasteiger partial charge is 0.443 e. The van der Waals surface area contributed by atoms with Crippen molar-refractivity contribution >= 4 is 0 Å². The molecule has 0 aromatic carbocycles. The van der Waals surface area contributed by atoms with Gasteiger partial charge in [0.15, 0.2) is 5.89 Å². The second-order valence-electron chi connectivity index (χ2n) is 4.54. The maximum atomic E-state index is 11.9. The number of aryl methyl sites for hydroxylation is 1. The Labute approximate surface area is 110 Å². The smallest absolute Gasteiger partial charge is 0.411 e. The maximum Gasteiger partial charge on any atom is 0.411 e. The van der Waals surface area contributed by atoms with Gasteiger partial charge in [-0.2, -0.15) is 13.2 Å². The molecule has 0 bridgehead atoms. The minimum absolute atomic E-state index is 0.212. The first-order valence-electron chi connectivity index (χ1n) is 6.18. The molecule has 0 aliphatic carbocycles. The fraction of sp³-hybridized carbons (Fsp3) is 0.750. The standard InChI is InChI=1S/C12H19F3N2O2/c1-9(2)16-5-3-4-11-17-6-10(19-11)7-18-8-12(13,14)15/h6,9,16H,3-5,7-8H2,1-2H3. The number of hydrogen-bond donors (Lipinski definition) is 1. The summed E-state index contributed by atoms with van der Waals surface area (Å²) in [4.78, 5) is 3.99. The first kappa shape index (κ1) is 16.0. The van der Waals surface area contributed by atoms with E-state index in [-0.39, 0.29) is 6.61 Å². The van der Waals surface area contributed by atoms with Gasteiger partial charge in [0.2, 0.25) is 0 Å². The fourth-order valence-electron chi connectivity index (χ4n) is 1.43. The molecule has 4 nitrogen and oxygen atoms in total. The SMILES string of the molecule is CC(C)NCCCc1ncc(COCC(F)(F)F)o1. The predicted molar refractivity (Wildman–Crippen MR) is 63.7 cm³/mol. The van der Waals surface area contributed by atoms with Crippen molar-refractivity contribution in [1.82, 2.24) is 10.3 Å². The van der Waals surface area contributed by atoms with Crippen LogP contribution in [0.25, 0.3) is 0 Å². The molecule has 7 heteroatoms. The average molecular weight is 280 g/mol. The molecule has 1 N–H and O–H groups in total. The van der Waals surface area contributed by atoms with Crippen molar-refractivity contribution in [2.75, 3.05) is 13.2 Å². The van der Waals surface area contributed by atoms with Crippen LogP contribution in [0.5, 0.6) is 0 Å². The van der Waals surface area contributed by atoms with Crippen molar-refractivity contribution in [1.29, 1.82) is 0 Å². The minimum atomic E-state index is -4.31. The Hall–Kier alpha value is -1.08. The van der Waals surface area contributed by atoms with Crippen LogP contribution in [0.2, 0.25) is 0 Å². The molecule has 1 aromatic heterocycles. The lowest BCUT2D eigenvalue weighted by Gasteiger charge is -2.06. The number of nitrogens with zero attached hydrogens (tertiary/aromatic N) is 1. The van der Waals surface area contributed by atoms with Crippen molar-refractivity contribution in [2.45, 2.75) is 45.5 Å². The van der Waals surface area contributed by atoms with Crippen LogP contribution >= 0.6 is 0 Å². The number of oxazole rings is 1. The molecule has 1 aromatic rings. The second kappa shape index (κ2) is 7.49. The van der Waals surface area contributed by atoms with E-state index in [0.29, 0.717) is 24.1 Å². The molecule has 0 atom stereocenters. The van der Waals surface area contributed by atoms with Gasteiger partial charge < -0.3 is 14.5 Å². The van der Waals surface area contributed by atoms with Crippen LogP contribution in [0.4, 0.5) is 13.2 Å². The van der Waals surface area contributed by atoms with Gasteiger partial charge in [0, 0.05) is 12.5 Å². The van der Waals surface area contributed by atoms with Crippen LogP contribution in [0.15, 0.2) is 10.6 Å². The molecule has 0 aliphatic heterocycles. The van der Waals surface area contributed by atoms with Crippen molar-refractivity contribution in [3.63, 3.8) is 0 Å². The molecule has 110 valence electrons. The summed E-state index contributed by atoms with van der Waals surface area (Å²) in [6.45, 7) is 3.47. The van der Waals surface area contributed by atoms with Gasteiger partial charge in [-0.05, 0) is 13.0 Å². The van der Waals surface area contributed by atoms with Crippen molar-refractivity contribution < 1.29 is 22.3 Å². The number of halogens is 3. The first-order chi connectivity index (χ1) is 8.87. The third-order valence-electron chi connectivity index (χ3n) is 2.23. The van der Waals surface area contributed by atoms with E-state index < -0.39 is 12.8 Å². The first-order valence-corrected chi connectivity index (χ1v) is 6.18. The highest BCUT2D eigenvalue weighted by Gasteiger charge is 2.27. The Kier molecular flexibility index (Phi) is 6.30. The van der Waals surface area contributed by atoms with E-state index in [2.05, 4.69) is 28.9 Å². The van der Waals surface area contributed by atoms with E-state index in [1.807, 2.05) is 0 Å². The van der Waals surface area contributed by atoms with Crippen molar-refractivity contribution in [3.8, 4) is 0 Å². The molecule has 19 heavy (non-hydrogen) atoms. The third kappa shape index (κ3) is 7.84. The van der Waals surface area contributed by atoms with Gasteiger partial charge in [0.25, 0.3) is 0 Å². The zero-order chi connectivity index (χ0) is 14.3.